The van der Waals surface area contributed by atoms with Gasteiger partial charge in [0.15, 0.2) is 5.82 Å². The lowest BCUT2D eigenvalue weighted by atomic mass is 10.0. The molecule has 0 atom stereocenters. The van der Waals surface area contributed by atoms with Gasteiger partial charge in [0.05, 0.1) is 5.56 Å². The van der Waals surface area contributed by atoms with Crippen molar-refractivity contribution in [1.29, 1.82) is 0 Å². The minimum Gasteiger partial charge on any atom is -0.405 e. The Labute approximate surface area is 146 Å². The summed E-state index contributed by atoms with van der Waals surface area (Å²) in [4.78, 5) is 16.3. The molecule has 2 rings (SSSR count). The number of nitrogens with two attached hydrogens (primary N) is 2. The van der Waals surface area contributed by atoms with E-state index in [0.717, 1.165) is 0 Å². The van der Waals surface area contributed by atoms with E-state index in [1.807, 2.05) is 5.32 Å². The molecule has 0 fully saturated rings. The normalized spacial score (nSPS) is 13.2. The first kappa shape index (κ1) is 19.0. The van der Waals surface area contributed by atoms with Crippen LogP contribution in [0.5, 0.6) is 0 Å². The molecule has 10 heteroatoms. The maximum atomic E-state index is 12.4. The van der Waals surface area contributed by atoms with Crippen LogP contribution in [0.25, 0.3) is 11.1 Å². The SMILES string of the molecule is C\C=C/C(=C\C=C\N)c1c(C(=O)NCC(F)(F)F)cn2ncnc(N)c12. The number of allylic oxidation sites excluding steroid dienone is 5. The number of nitrogen functional groups attached to an aromatic ring is 1. The molecule has 0 saturated carbocycles. The number of hydrogen-bond donors (Lipinski definition) is 3. The first-order valence-corrected chi connectivity index (χ1v) is 7.47. The number of anilines is 1. The van der Waals surface area contributed by atoms with E-state index >= 15 is 0 Å². The molecule has 0 aliphatic rings. The molecule has 0 saturated heterocycles. The minimum absolute atomic E-state index is 0.0174. The molecule has 0 aliphatic heterocycles. The minimum atomic E-state index is -4.53. The average molecular weight is 366 g/mol. The Kier molecular flexibility index (Phi) is 5.65. The van der Waals surface area contributed by atoms with Crippen molar-refractivity contribution in [3.8, 4) is 0 Å². The largest absolute Gasteiger partial charge is 0.405 e. The lowest BCUT2D eigenvalue weighted by Crippen LogP contribution is -2.33. The van der Waals surface area contributed by atoms with Gasteiger partial charge >= 0.3 is 6.18 Å². The van der Waals surface area contributed by atoms with Crippen LogP contribution in [0.3, 0.4) is 0 Å². The molecular formula is C16H17F3N6O. The molecule has 0 aromatic carbocycles. The molecule has 26 heavy (non-hydrogen) atoms. The summed E-state index contributed by atoms with van der Waals surface area (Å²) in [5.41, 5.74) is 12.4. The summed E-state index contributed by atoms with van der Waals surface area (Å²) in [7, 11) is 0. The Morgan fingerprint density at radius 1 is 1.42 bits per heavy atom. The van der Waals surface area contributed by atoms with Crippen molar-refractivity contribution in [2.45, 2.75) is 13.1 Å². The zero-order valence-electron chi connectivity index (χ0n) is 13.8. The van der Waals surface area contributed by atoms with E-state index in [0.29, 0.717) is 16.7 Å². The fraction of sp³-hybridized carbons (Fsp3) is 0.188. The number of carbonyl (C=O) groups is 1. The Bertz CT molecular complexity index is 895. The van der Waals surface area contributed by atoms with Gasteiger partial charge in [-0.2, -0.15) is 18.3 Å². The van der Waals surface area contributed by atoms with E-state index in [2.05, 4.69) is 10.1 Å². The van der Waals surface area contributed by atoms with Gasteiger partial charge in [0.2, 0.25) is 0 Å². The van der Waals surface area contributed by atoms with Crippen LogP contribution in [-0.2, 0) is 0 Å². The van der Waals surface area contributed by atoms with Gasteiger partial charge in [-0.05, 0) is 24.8 Å². The zero-order valence-corrected chi connectivity index (χ0v) is 13.8. The third kappa shape index (κ3) is 4.21. The lowest BCUT2D eigenvalue weighted by Gasteiger charge is -2.10. The van der Waals surface area contributed by atoms with Gasteiger partial charge in [0.1, 0.15) is 18.4 Å². The third-order valence-corrected chi connectivity index (χ3v) is 3.32. The Morgan fingerprint density at radius 2 is 2.15 bits per heavy atom. The van der Waals surface area contributed by atoms with Crippen LogP contribution in [0.15, 0.2) is 43.0 Å². The van der Waals surface area contributed by atoms with Gasteiger partial charge in [0, 0.05) is 11.8 Å². The Balaban J connectivity index is 2.66. The summed E-state index contributed by atoms with van der Waals surface area (Å²) < 4.78 is 38.6. The highest BCUT2D eigenvalue weighted by Crippen LogP contribution is 2.30. The van der Waals surface area contributed by atoms with Crippen molar-refractivity contribution in [3.63, 3.8) is 0 Å². The van der Waals surface area contributed by atoms with Gasteiger partial charge in [-0.25, -0.2) is 9.50 Å². The topological polar surface area (TPSA) is 111 Å². The van der Waals surface area contributed by atoms with Gasteiger partial charge < -0.3 is 16.8 Å². The lowest BCUT2D eigenvalue weighted by molar-refractivity contribution is -0.123. The van der Waals surface area contributed by atoms with Crippen molar-refractivity contribution in [2.24, 2.45) is 5.73 Å². The number of rotatable bonds is 5. The van der Waals surface area contributed by atoms with Crippen LogP contribution in [0.4, 0.5) is 19.0 Å². The molecule has 0 bridgehead atoms. The fourth-order valence-electron chi connectivity index (χ4n) is 2.34. The fourth-order valence-corrected chi connectivity index (χ4v) is 2.34. The second-order valence-electron chi connectivity index (χ2n) is 5.16. The summed E-state index contributed by atoms with van der Waals surface area (Å²) in [5, 5.41) is 5.82. The first-order chi connectivity index (χ1) is 12.3. The van der Waals surface area contributed by atoms with Gasteiger partial charge in [-0.1, -0.05) is 18.2 Å². The summed E-state index contributed by atoms with van der Waals surface area (Å²) in [5.74, 6) is -0.827. The number of amides is 1. The third-order valence-electron chi connectivity index (χ3n) is 3.32. The number of alkyl halides is 3. The number of carbonyl (C=O) groups excluding carboxylic acids is 1. The quantitative estimate of drug-likeness (QED) is 0.701. The van der Waals surface area contributed by atoms with E-state index < -0.39 is 18.6 Å². The average Bonchev–Trinajstić information content (AvgIpc) is 2.96. The Morgan fingerprint density at radius 3 is 2.77 bits per heavy atom. The number of aromatic nitrogens is 3. The molecule has 2 aromatic heterocycles. The summed E-state index contributed by atoms with van der Waals surface area (Å²) in [6.07, 6.45) is 5.74. The standard InChI is InChI=1S/C16H17F3N6O/c1-2-4-10(5-3-6-20)12-11(15(26)22-8-16(17,18)19)7-25-13(12)14(21)23-9-24-25/h2-7,9H,8,20H2,1H3,(H,22,26)(H2,21,23,24)/b4-2-,6-3+,10-5+. The predicted molar refractivity (Wildman–Crippen MR) is 91.9 cm³/mol. The maximum absolute atomic E-state index is 12.4. The van der Waals surface area contributed by atoms with Gasteiger partial charge in [0.25, 0.3) is 5.91 Å². The second kappa shape index (κ2) is 7.72. The highest BCUT2D eigenvalue weighted by atomic mass is 19.4. The van der Waals surface area contributed by atoms with Crippen molar-refractivity contribution in [2.75, 3.05) is 12.3 Å². The van der Waals surface area contributed by atoms with Crippen LogP contribution in [0.1, 0.15) is 22.8 Å². The van der Waals surface area contributed by atoms with Crippen molar-refractivity contribution >= 4 is 22.8 Å². The zero-order chi connectivity index (χ0) is 19.3. The van der Waals surface area contributed by atoms with E-state index in [-0.39, 0.29) is 11.4 Å². The smallest absolute Gasteiger partial charge is 0.405 e. The highest BCUT2D eigenvalue weighted by Gasteiger charge is 2.29. The molecule has 2 aromatic rings. The van der Waals surface area contributed by atoms with E-state index in [4.69, 9.17) is 11.5 Å². The van der Waals surface area contributed by atoms with Crippen molar-refractivity contribution in [1.82, 2.24) is 19.9 Å². The molecule has 0 unspecified atom stereocenters. The number of nitrogens with one attached hydrogen (secondary N) is 1. The van der Waals surface area contributed by atoms with Gasteiger partial charge in [-0.3, -0.25) is 4.79 Å². The molecule has 1 amide bonds. The Hall–Kier alpha value is -3.30. The maximum Gasteiger partial charge on any atom is 0.405 e. The van der Waals surface area contributed by atoms with Crippen LogP contribution >= 0.6 is 0 Å². The second-order valence-corrected chi connectivity index (χ2v) is 5.16. The first-order valence-electron chi connectivity index (χ1n) is 7.47. The molecule has 2 heterocycles. The number of hydrogen-bond acceptors (Lipinski definition) is 5. The van der Waals surface area contributed by atoms with Crippen LogP contribution in [0, 0.1) is 0 Å². The van der Waals surface area contributed by atoms with E-state index in [9.17, 15) is 18.0 Å². The number of fused-ring (bicyclic) bond motifs is 1. The molecule has 138 valence electrons. The molecule has 5 N–H and O–H groups in total. The summed E-state index contributed by atoms with van der Waals surface area (Å²) in [6, 6.07) is 0. The van der Waals surface area contributed by atoms with Crippen molar-refractivity contribution in [3.05, 3.63) is 54.2 Å². The molecule has 7 nitrogen and oxygen atoms in total. The van der Waals surface area contributed by atoms with Crippen LogP contribution in [-0.4, -0.2) is 33.2 Å². The highest BCUT2D eigenvalue weighted by molar-refractivity contribution is 6.05. The molecule has 0 aliphatic carbocycles. The number of halogens is 3. The summed E-state index contributed by atoms with van der Waals surface area (Å²) >= 11 is 0. The molecule has 0 radical (unpaired) electrons. The number of nitrogens with zero attached hydrogens (tertiary/aromatic N) is 3. The monoisotopic (exact) mass is 366 g/mol. The van der Waals surface area contributed by atoms with Gasteiger partial charge in [-0.15, -0.1) is 0 Å². The van der Waals surface area contributed by atoms with E-state index in [1.54, 1.807) is 25.2 Å². The summed E-state index contributed by atoms with van der Waals surface area (Å²) in [6.45, 7) is 0.297. The van der Waals surface area contributed by atoms with E-state index in [1.165, 1.54) is 29.3 Å². The van der Waals surface area contributed by atoms with Crippen molar-refractivity contribution < 1.29 is 18.0 Å². The molecule has 0 spiro atoms. The van der Waals surface area contributed by atoms with Crippen LogP contribution < -0.4 is 16.8 Å². The molecular weight excluding hydrogens is 349 g/mol. The predicted octanol–water partition coefficient (Wildman–Crippen LogP) is 2.04. The van der Waals surface area contributed by atoms with Crippen LogP contribution in [0.2, 0.25) is 0 Å².